The van der Waals surface area contributed by atoms with Crippen molar-refractivity contribution in [3.05, 3.63) is 154 Å². The average molecular weight is 581 g/mol. The molecular weight excluding hydrogens is 548 g/mol. The first kappa shape index (κ1) is 29.0. The zero-order chi connectivity index (χ0) is 29.9. The van der Waals surface area contributed by atoms with E-state index in [1.54, 1.807) is 48.2 Å². The number of nitrogens with zero attached hydrogens (tertiary/aromatic N) is 2. The van der Waals surface area contributed by atoms with E-state index in [0.29, 0.717) is 40.5 Å². The third-order valence-corrected chi connectivity index (χ3v) is 7.80. The number of aliphatic hydroxyl groups is 1. The van der Waals surface area contributed by atoms with Crippen LogP contribution in [0.5, 0.6) is 0 Å². The van der Waals surface area contributed by atoms with Gasteiger partial charge in [-0.1, -0.05) is 60.6 Å². The average Bonchev–Trinajstić information content (AvgIpc) is 3.53. The maximum absolute atomic E-state index is 12.9. The lowest BCUT2D eigenvalue weighted by molar-refractivity contribution is 0.0968. The number of hydrogen-bond acceptors (Lipinski definition) is 6. The Bertz CT molecular complexity index is 1810. The summed E-state index contributed by atoms with van der Waals surface area (Å²) in [6.45, 7) is 5.12. The van der Waals surface area contributed by atoms with Crippen LogP contribution in [0.2, 0.25) is 5.02 Å². The molecule has 5 rings (SSSR count). The minimum atomic E-state index is -1.65. The van der Waals surface area contributed by atoms with Gasteiger partial charge in [0, 0.05) is 43.3 Å². The Kier molecular flexibility index (Phi) is 8.36. The molecule has 214 valence electrons. The second-order valence-corrected chi connectivity index (χ2v) is 10.6. The smallest absolute Gasteiger partial charge is 0.251 e. The van der Waals surface area contributed by atoms with Crippen molar-refractivity contribution in [3.63, 3.8) is 0 Å². The molecule has 1 atom stereocenters. The number of pyridine rings is 1. The molecule has 2 aromatic heterocycles. The van der Waals surface area contributed by atoms with Crippen molar-refractivity contribution in [2.45, 2.75) is 18.7 Å². The minimum absolute atomic E-state index is 0.148. The van der Waals surface area contributed by atoms with Gasteiger partial charge < -0.3 is 30.0 Å². The fourth-order valence-corrected chi connectivity index (χ4v) is 5.43. The highest BCUT2D eigenvalue weighted by molar-refractivity contribution is 6.30. The molecule has 0 saturated heterocycles. The lowest BCUT2D eigenvalue weighted by Gasteiger charge is -2.36. The second-order valence-electron chi connectivity index (χ2n) is 10.1. The molecule has 0 aliphatic carbocycles. The van der Waals surface area contributed by atoms with Gasteiger partial charge in [0.15, 0.2) is 5.60 Å². The van der Waals surface area contributed by atoms with E-state index in [-0.39, 0.29) is 5.56 Å². The summed E-state index contributed by atoms with van der Waals surface area (Å²) in [5.74, 6) is 0.858. The Morgan fingerprint density at radius 1 is 1.07 bits per heavy atom. The van der Waals surface area contributed by atoms with Crippen LogP contribution in [0.15, 0.2) is 125 Å². The molecule has 0 fully saturated rings. The monoisotopic (exact) mass is 580 g/mol. The van der Waals surface area contributed by atoms with E-state index in [0.717, 1.165) is 27.8 Å². The lowest BCUT2D eigenvalue weighted by atomic mass is 9.81. The van der Waals surface area contributed by atoms with Crippen molar-refractivity contribution in [2.24, 2.45) is 12.8 Å². The number of hydrogen-bond donors (Lipinski definition) is 3. The maximum atomic E-state index is 12.9. The van der Waals surface area contributed by atoms with E-state index in [2.05, 4.69) is 11.9 Å². The van der Waals surface area contributed by atoms with E-state index in [9.17, 15) is 9.90 Å². The normalized spacial score (nSPS) is 13.2. The lowest BCUT2D eigenvalue weighted by Crippen LogP contribution is -2.37. The highest BCUT2D eigenvalue weighted by Crippen LogP contribution is 2.40. The van der Waals surface area contributed by atoms with Gasteiger partial charge in [0.05, 0.1) is 24.0 Å². The van der Waals surface area contributed by atoms with Crippen molar-refractivity contribution >= 4 is 22.5 Å². The Labute approximate surface area is 249 Å². The number of benzene rings is 3. The van der Waals surface area contributed by atoms with E-state index >= 15 is 0 Å². The van der Waals surface area contributed by atoms with Gasteiger partial charge in [0.2, 0.25) is 0 Å². The highest BCUT2D eigenvalue weighted by Gasteiger charge is 2.38. The van der Waals surface area contributed by atoms with Crippen molar-refractivity contribution in [1.82, 2.24) is 14.8 Å². The zero-order valence-electron chi connectivity index (χ0n) is 23.5. The van der Waals surface area contributed by atoms with E-state index < -0.39 is 5.60 Å². The summed E-state index contributed by atoms with van der Waals surface area (Å²) in [6.07, 6.45) is 4.64. The molecule has 0 spiro atoms. The third kappa shape index (κ3) is 5.50. The topological polar surface area (TPSA) is 96.7 Å². The first-order valence-electron chi connectivity index (χ1n) is 13.5. The number of rotatable bonds is 10. The second kappa shape index (κ2) is 12.1. The number of aromatic nitrogens is 1. The molecule has 5 aromatic rings. The van der Waals surface area contributed by atoms with Gasteiger partial charge >= 0.3 is 0 Å². The zero-order valence-corrected chi connectivity index (χ0v) is 24.3. The van der Waals surface area contributed by atoms with Crippen LogP contribution in [-0.4, -0.2) is 21.6 Å². The molecule has 3 aromatic carbocycles. The first-order chi connectivity index (χ1) is 20.3. The fraction of sp³-hybridized carbons (Fsp3) is 0.147. The van der Waals surface area contributed by atoms with Crippen LogP contribution in [-0.2, 0) is 25.7 Å². The standard InChI is InChI=1S/C34H33ClN4O3/c1-4-38(2)32(20-36)34(41,25-12-10-23(11-13-25)21-37-22-28-9-6-16-42-28)26-14-15-31-30(18-26)29(19-33(40)39(31)3)24-7-5-8-27(35)17-24/h4-20,37,41H,1,21-22,36H2,2-3H3/b32-20-. The van der Waals surface area contributed by atoms with Gasteiger partial charge in [-0.05, 0) is 70.4 Å². The van der Waals surface area contributed by atoms with Gasteiger partial charge in [-0.25, -0.2) is 0 Å². The maximum Gasteiger partial charge on any atom is 0.251 e. The van der Waals surface area contributed by atoms with Gasteiger partial charge in [-0.2, -0.15) is 0 Å². The molecule has 42 heavy (non-hydrogen) atoms. The number of nitrogens with one attached hydrogen (secondary N) is 1. The summed E-state index contributed by atoms with van der Waals surface area (Å²) in [6, 6.07) is 26.1. The minimum Gasteiger partial charge on any atom is -0.468 e. The summed E-state index contributed by atoms with van der Waals surface area (Å²) in [7, 11) is 3.51. The van der Waals surface area contributed by atoms with Crippen molar-refractivity contribution in [3.8, 4) is 11.1 Å². The molecule has 0 saturated carbocycles. The molecular formula is C34H33ClN4O3. The molecule has 0 radical (unpaired) electrons. The van der Waals surface area contributed by atoms with Gasteiger partial charge in [0.1, 0.15) is 5.76 Å². The van der Waals surface area contributed by atoms with Gasteiger partial charge in [-0.3, -0.25) is 4.79 Å². The SMILES string of the molecule is C=CN(C)/C(=C\N)C(O)(c1ccc(CNCc2ccco2)cc1)c1ccc2c(c1)c(-c1cccc(Cl)c1)cc(=O)n2C. The third-order valence-electron chi connectivity index (χ3n) is 7.56. The number of fused-ring (bicyclic) bond motifs is 1. The van der Waals surface area contributed by atoms with Gasteiger partial charge in [0.25, 0.3) is 5.56 Å². The van der Waals surface area contributed by atoms with Crippen LogP contribution in [0, 0.1) is 0 Å². The molecule has 8 heteroatoms. The first-order valence-corrected chi connectivity index (χ1v) is 13.9. The number of aryl methyl sites for hydroxylation is 1. The van der Waals surface area contributed by atoms with Crippen molar-refractivity contribution < 1.29 is 9.52 Å². The van der Waals surface area contributed by atoms with E-state index in [4.69, 9.17) is 21.8 Å². The molecule has 2 heterocycles. The summed E-state index contributed by atoms with van der Waals surface area (Å²) in [4.78, 5) is 14.6. The number of halogens is 1. The van der Waals surface area contributed by atoms with E-state index in [1.807, 2.05) is 72.8 Å². The number of furan rings is 1. The van der Waals surface area contributed by atoms with Crippen LogP contribution in [0.1, 0.15) is 22.5 Å². The molecule has 7 nitrogen and oxygen atoms in total. The van der Waals surface area contributed by atoms with Crippen LogP contribution >= 0.6 is 11.6 Å². The summed E-state index contributed by atoms with van der Waals surface area (Å²) in [5, 5.41) is 17.4. The quantitative estimate of drug-likeness (QED) is 0.192. The van der Waals surface area contributed by atoms with Crippen LogP contribution < -0.4 is 16.6 Å². The van der Waals surface area contributed by atoms with Crippen molar-refractivity contribution in [2.75, 3.05) is 7.05 Å². The Morgan fingerprint density at radius 2 is 1.83 bits per heavy atom. The van der Waals surface area contributed by atoms with Crippen LogP contribution in [0.4, 0.5) is 0 Å². The van der Waals surface area contributed by atoms with Gasteiger partial charge in [-0.15, -0.1) is 0 Å². The van der Waals surface area contributed by atoms with E-state index in [1.165, 1.54) is 6.20 Å². The molecule has 0 aliphatic heterocycles. The summed E-state index contributed by atoms with van der Waals surface area (Å²) < 4.78 is 6.98. The summed E-state index contributed by atoms with van der Waals surface area (Å²) in [5.41, 5.74) is 9.26. The molecule has 0 aliphatic rings. The number of nitrogens with two attached hydrogens (primary N) is 1. The molecule has 0 amide bonds. The Morgan fingerprint density at radius 3 is 2.50 bits per heavy atom. The largest absolute Gasteiger partial charge is 0.468 e. The van der Waals surface area contributed by atoms with Crippen LogP contribution in [0.3, 0.4) is 0 Å². The molecule has 4 N–H and O–H groups in total. The van der Waals surface area contributed by atoms with Crippen molar-refractivity contribution in [1.29, 1.82) is 0 Å². The predicted molar refractivity (Wildman–Crippen MR) is 169 cm³/mol. The fourth-order valence-electron chi connectivity index (χ4n) is 5.24. The predicted octanol–water partition coefficient (Wildman–Crippen LogP) is 5.85. The summed E-state index contributed by atoms with van der Waals surface area (Å²) >= 11 is 6.31. The van der Waals surface area contributed by atoms with Crippen LogP contribution in [0.25, 0.3) is 22.0 Å². The Hall–Kier alpha value is -4.56. The molecule has 1 unspecified atom stereocenters. The molecule has 0 bridgehead atoms. The highest BCUT2D eigenvalue weighted by atomic mass is 35.5. The Balaban J connectivity index is 1.63. The number of likely N-dealkylation sites (N-methyl/N-ethyl adjacent to an activating group) is 1.